The molecule has 2 amide bonds. The molecule has 1 aromatic carbocycles. The van der Waals surface area contributed by atoms with Crippen LogP contribution in [0.5, 0.6) is 5.75 Å². The molecule has 0 radical (unpaired) electrons. The number of benzene rings is 1. The van der Waals surface area contributed by atoms with Crippen molar-refractivity contribution < 1.29 is 18.7 Å². The fraction of sp³-hybridized carbons (Fsp3) is 0.286. The van der Waals surface area contributed by atoms with Gasteiger partial charge < -0.3 is 14.1 Å². The maximum Gasteiger partial charge on any atom is 0.270 e. The quantitative estimate of drug-likeness (QED) is 0.426. The molecule has 29 heavy (non-hydrogen) atoms. The van der Waals surface area contributed by atoms with Gasteiger partial charge in [-0.15, -0.1) is 0 Å². The van der Waals surface area contributed by atoms with Gasteiger partial charge in [0.15, 0.2) is 11.0 Å². The predicted octanol–water partition coefficient (Wildman–Crippen LogP) is 3.36. The van der Waals surface area contributed by atoms with E-state index < -0.39 is 11.8 Å². The van der Waals surface area contributed by atoms with Gasteiger partial charge in [0, 0.05) is 25.2 Å². The van der Waals surface area contributed by atoms with Gasteiger partial charge in [-0.05, 0) is 57.3 Å². The predicted molar refractivity (Wildman–Crippen MR) is 116 cm³/mol. The van der Waals surface area contributed by atoms with E-state index >= 15 is 0 Å². The fourth-order valence-corrected chi connectivity index (χ4v) is 3.32. The first kappa shape index (κ1) is 20.6. The number of hydrogen-bond acceptors (Lipinski definition) is 6. The number of anilines is 2. The molecular formula is C21H23N3O4S. The minimum absolute atomic E-state index is 0.0223. The molecule has 1 aliphatic heterocycles. The zero-order chi connectivity index (χ0) is 21.0. The van der Waals surface area contributed by atoms with Crippen LogP contribution in [0.1, 0.15) is 26.5 Å². The van der Waals surface area contributed by atoms with Crippen LogP contribution in [-0.4, -0.2) is 36.6 Å². The summed E-state index contributed by atoms with van der Waals surface area (Å²) in [5, 5.41) is 2.59. The van der Waals surface area contributed by atoms with E-state index in [9.17, 15) is 9.59 Å². The van der Waals surface area contributed by atoms with Crippen molar-refractivity contribution in [2.75, 3.05) is 29.5 Å². The van der Waals surface area contributed by atoms with E-state index in [1.807, 2.05) is 31.7 Å². The van der Waals surface area contributed by atoms with Crippen LogP contribution < -0.4 is 19.9 Å². The van der Waals surface area contributed by atoms with Crippen LogP contribution in [0, 0.1) is 0 Å². The summed E-state index contributed by atoms with van der Waals surface area (Å²) in [4.78, 5) is 28.8. The van der Waals surface area contributed by atoms with Crippen LogP contribution in [0.2, 0.25) is 0 Å². The lowest BCUT2D eigenvalue weighted by Gasteiger charge is -2.29. The molecule has 2 aromatic rings. The van der Waals surface area contributed by atoms with Gasteiger partial charge in [0.05, 0.1) is 12.3 Å². The van der Waals surface area contributed by atoms with Gasteiger partial charge in [-0.25, -0.2) is 0 Å². The number of carbonyl (C=O) groups is 2. The van der Waals surface area contributed by atoms with Crippen LogP contribution >= 0.6 is 12.2 Å². The zero-order valence-corrected chi connectivity index (χ0v) is 17.4. The first-order valence-electron chi connectivity index (χ1n) is 9.47. The van der Waals surface area contributed by atoms with Gasteiger partial charge in [0.25, 0.3) is 11.8 Å². The third-order valence-corrected chi connectivity index (χ3v) is 4.75. The number of nitrogens with one attached hydrogen (secondary N) is 1. The van der Waals surface area contributed by atoms with Gasteiger partial charge in [-0.1, -0.05) is 6.07 Å². The maximum absolute atomic E-state index is 13.1. The Bertz CT molecular complexity index is 962. The van der Waals surface area contributed by atoms with E-state index in [2.05, 4.69) is 5.32 Å². The second-order valence-electron chi connectivity index (χ2n) is 6.24. The first-order valence-corrected chi connectivity index (χ1v) is 9.88. The molecule has 152 valence electrons. The molecule has 1 N–H and O–H groups in total. The number of rotatable bonds is 7. The number of carbonyl (C=O) groups excluding carboxylic acids is 2. The second kappa shape index (κ2) is 8.91. The number of hydrogen-bond donors (Lipinski definition) is 1. The normalized spacial score (nSPS) is 15.6. The monoisotopic (exact) mass is 413 g/mol. The van der Waals surface area contributed by atoms with Crippen LogP contribution in [0.4, 0.5) is 11.6 Å². The van der Waals surface area contributed by atoms with E-state index in [1.54, 1.807) is 30.3 Å². The van der Waals surface area contributed by atoms with Crippen molar-refractivity contribution in [3.63, 3.8) is 0 Å². The topological polar surface area (TPSA) is 75.0 Å². The van der Waals surface area contributed by atoms with E-state index in [1.165, 1.54) is 11.0 Å². The molecule has 1 saturated heterocycles. The molecule has 0 unspecified atom stereocenters. The Hall–Kier alpha value is -3.13. The maximum atomic E-state index is 13.1. The summed E-state index contributed by atoms with van der Waals surface area (Å²) in [7, 11) is 0. The van der Waals surface area contributed by atoms with Crippen molar-refractivity contribution in [1.29, 1.82) is 0 Å². The Morgan fingerprint density at radius 1 is 1.17 bits per heavy atom. The molecular weight excluding hydrogens is 390 g/mol. The molecule has 0 saturated carbocycles. The number of furan rings is 1. The van der Waals surface area contributed by atoms with Gasteiger partial charge in [0.2, 0.25) is 0 Å². The van der Waals surface area contributed by atoms with Crippen LogP contribution in [0.25, 0.3) is 6.08 Å². The van der Waals surface area contributed by atoms with Crippen molar-refractivity contribution in [3.05, 3.63) is 47.7 Å². The Morgan fingerprint density at radius 2 is 1.93 bits per heavy atom. The summed E-state index contributed by atoms with van der Waals surface area (Å²) in [6.45, 7) is 8.00. The molecule has 1 aliphatic rings. The third kappa shape index (κ3) is 4.32. The van der Waals surface area contributed by atoms with Crippen molar-refractivity contribution >= 4 is 46.8 Å². The van der Waals surface area contributed by atoms with Crippen LogP contribution in [0.3, 0.4) is 0 Å². The highest BCUT2D eigenvalue weighted by Crippen LogP contribution is 2.27. The second-order valence-corrected chi connectivity index (χ2v) is 6.62. The summed E-state index contributed by atoms with van der Waals surface area (Å²) in [6.07, 6.45) is 1.44. The number of nitrogens with zero attached hydrogens (tertiary/aromatic N) is 2. The van der Waals surface area contributed by atoms with E-state index in [4.69, 9.17) is 21.4 Å². The Morgan fingerprint density at radius 3 is 2.62 bits per heavy atom. The zero-order valence-electron chi connectivity index (χ0n) is 16.6. The molecule has 0 aliphatic carbocycles. The molecule has 8 heteroatoms. The Balaban J connectivity index is 1.93. The highest BCUT2D eigenvalue weighted by molar-refractivity contribution is 7.80. The summed E-state index contributed by atoms with van der Waals surface area (Å²) in [5.41, 5.74) is 0.459. The van der Waals surface area contributed by atoms with Gasteiger partial charge in [0.1, 0.15) is 17.1 Å². The summed E-state index contributed by atoms with van der Waals surface area (Å²) < 4.78 is 11.3. The largest absolute Gasteiger partial charge is 0.494 e. The number of amides is 2. The SMILES string of the molecule is CCOc1cccc(N2C(=O)/C(=C/c3ccc(N(CC)CC)o3)C(=O)NC2=S)c1. The highest BCUT2D eigenvalue weighted by atomic mass is 32.1. The fourth-order valence-electron chi connectivity index (χ4n) is 3.04. The standard InChI is InChI=1S/C21H23N3O4S/c1-4-23(5-2)18-11-10-16(28-18)13-17-19(25)22-21(29)24(20(17)26)14-8-7-9-15(12-14)27-6-3/h7-13H,4-6H2,1-3H3,(H,22,25,29)/b17-13+. The lowest BCUT2D eigenvalue weighted by atomic mass is 10.1. The molecule has 2 heterocycles. The van der Waals surface area contributed by atoms with E-state index in [0.29, 0.717) is 29.7 Å². The smallest absolute Gasteiger partial charge is 0.270 e. The first-order chi connectivity index (χ1) is 14.0. The molecule has 7 nitrogen and oxygen atoms in total. The Labute approximate surface area is 174 Å². The summed E-state index contributed by atoms with van der Waals surface area (Å²) in [6, 6.07) is 10.5. The molecule has 0 atom stereocenters. The van der Waals surface area contributed by atoms with Gasteiger partial charge >= 0.3 is 0 Å². The Kier molecular flexibility index (Phi) is 6.33. The van der Waals surface area contributed by atoms with Gasteiger partial charge in [-0.3, -0.25) is 19.8 Å². The van der Waals surface area contributed by atoms with Gasteiger partial charge in [-0.2, -0.15) is 0 Å². The minimum Gasteiger partial charge on any atom is -0.494 e. The van der Waals surface area contributed by atoms with E-state index in [-0.39, 0.29) is 10.7 Å². The highest BCUT2D eigenvalue weighted by Gasteiger charge is 2.35. The lowest BCUT2D eigenvalue weighted by molar-refractivity contribution is -0.122. The van der Waals surface area contributed by atoms with Crippen molar-refractivity contribution in [2.24, 2.45) is 0 Å². The molecule has 0 bridgehead atoms. The summed E-state index contributed by atoms with van der Waals surface area (Å²) >= 11 is 5.23. The number of ether oxygens (including phenoxy) is 1. The van der Waals surface area contributed by atoms with Crippen molar-refractivity contribution in [1.82, 2.24) is 5.32 Å². The van der Waals surface area contributed by atoms with Crippen molar-refractivity contribution in [3.8, 4) is 5.75 Å². The summed E-state index contributed by atoms with van der Waals surface area (Å²) in [5.74, 6) is 0.632. The molecule has 3 rings (SSSR count). The number of thiocarbonyl (C=S) groups is 1. The van der Waals surface area contributed by atoms with Crippen molar-refractivity contribution in [2.45, 2.75) is 20.8 Å². The average molecular weight is 413 g/mol. The molecule has 1 aromatic heterocycles. The molecule has 1 fully saturated rings. The lowest BCUT2D eigenvalue weighted by Crippen LogP contribution is -2.54. The average Bonchev–Trinajstić information content (AvgIpc) is 3.15. The molecule has 0 spiro atoms. The van der Waals surface area contributed by atoms with E-state index in [0.717, 1.165) is 13.1 Å². The van der Waals surface area contributed by atoms with Crippen LogP contribution in [-0.2, 0) is 9.59 Å². The van der Waals surface area contributed by atoms with Crippen LogP contribution in [0.15, 0.2) is 46.4 Å². The third-order valence-electron chi connectivity index (χ3n) is 4.46. The minimum atomic E-state index is -0.557.